The number of nitrogens with one attached hydrogen (secondary N) is 1. The molecule has 0 aromatic carbocycles. The largest absolute Gasteiger partial charge is 0.756 e. The van der Waals surface area contributed by atoms with E-state index in [0.29, 0.717) is 0 Å². The van der Waals surface area contributed by atoms with Crippen molar-refractivity contribution in [2.24, 2.45) is 0 Å². The van der Waals surface area contributed by atoms with Crippen molar-refractivity contribution < 1.29 is 67.9 Å². The summed E-state index contributed by atoms with van der Waals surface area (Å²) in [4.78, 5) is 46.2. The van der Waals surface area contributed by atoms with Crippen molar-refractivity contribution in [3.8, 4) is 0 Å². The van der Waals surface area contributed by atoms with E-state index in [0.717, 1.165) is 10.9 Å². The van der Waals surface area contributed by atoms with Crippen molar-refractivity contribution in [1.29, 1.82) is 0 Å². The fourth-order valence-electron chi connectivity index (χ4n) is 3.86. The first kappa shape index (κ1) is 29.1. The lowest BCUT2D eigenvalue weighted by molar-refractivity contribution is -0.482. The van der Waals surface area contributed by atoms with Gasteiger partial charge in [0.15, 0.2) is 23.7 Å². The Morgan fingerprint density at radius 1 is 1.16 bits per heavy atom. The lowest BCUT2D eigenvalue weighted by atomic mass is 9.98. The van der Waals surface area contributed by atoms with E-state index in [1.54, 1.807) is 0 Å². The molecular weight excluding hydrogens is 562 g/mol. The number of nitrogens with zero attached hydrogens (tertiary/aromatic N) is 3. The highest BCUT2D eigenvalue weighted by Gasteiger charge is 2.47. The number of imidazole rings is 1. The molecule has 38 heavy (non-hydrogen) atoms. The average molecular weight is 587 g/mol. The zero-order valence-electron chi connectivity index (χ0n) is 19.4. The molecule has 2 fully saturated rings. The molecule has 11 atom stereocenters. The van der Waals surface area contributed by atoms with Gasteiger partial charge in [0, 0.05) is 0 Å². The van der Waals surface area contributed by atoms with Crippen LogP contribution in [0.25, 0.3) is 11.2 Å². The second-order valence-electron chi connectivity index (χ2n) is 8.55. The molecule has 4 rings (SSSR count). The molecule has 2 saturated heterocycles. The first-order chi connectivity index (χ1) is 17.6. The van der Waals surface area contributed by atoms with E-state index in [1.165, 1.54) is 6.92 Å². The van der Waals surface area contributed by atoms with Crippen molar-refractivity contribution in [3.05, 3.63) is 16.7 Å². The van der Waals surface area contributed by atoms with Crippen LogP contribution in [0.15, 0.2) is 11.1 Å². The molecule has 0 amide bonds. The van der Waals surface area contributed by atoms with Crippen LogP contribution in [0, 0.1) is 0 Å². The van der Waals surface area contributed by atoms with Gasteiger partial charge in [-0.1, -0.05) is 0 Å². The third kappa shape index (κ3) is 5.83. The summed E-state index contributed by atoms with van der Waals surface area (Å²) in [5.41, 5.74) is 8.12. The number of nitrogen functional groups attached to an aromatic ring is 1. The standard InChI is InChI=1S/C16H26N6O14P2/c1-4-6(17)9(24)11(26)15(33-4)35-38(30,31)36-37(28,29)32-2-5-8(23)10(25)14(34-5)22-3-19-7-12(22)20-16(18)21-13(7)27/h3-6,8-11,14-15,23-26H,2,17H2,1H3,(H,28,29)(H,30,31)(H3,18,20,21,27)/p-1/t4-,5-,6-,8-,9+,10-,11+,14-,15-/m1/s1. The first-order valence-electron chi connectivity index (χ1n) is 10.8. The van der Waals surface area contributed by atoms with Gasteiger partial charge < -0.3 is 55.7 Å². The number of phosphoric acid groups is 2. The van der Waals surface area contributed by atoms with E-state index in [9.17, 15) is 44.1 Å². The van der Waals surface area contributed by atoms with Crippen LogP contribution in [0.4, 0.5) is 5.95 Å². The normalized spacial score (nSPS) is 37.2. The average Bonchev–Trinajstić information content (AvgIpc) is 3.35. The Hall–Kier alpha value is -1.87. The molecular formula is C16H25N6O14P2-. The fourth-order valence-corrected chi connectivity index (χ4v) is 5.94. The number of aromatic nitrogens is 4. The maximum Gasteiger partial charge on any atom is 0.280 e. The molecule has 4 heterocycles. The molecule has 0 bridgehead atoms. The highest BCUT2D eigenvalue weighted by molar-refractivity contribution is 7.59. The molecule has 20 nitrogen and oxygen atoms in total. The second-order valence-corrected chi connectivity index (χ2v) is 11.5. The summed E-state index contributed by atoms with van der Waals surface area (Å²) in [6.07, 6.45) is -11.7. The summed E-state index contributed by atoms with van der Waals surface area (Å²) >= 11 is 0. The predicted molar refractivity (Wildman–Crippen MR) is 115 cm³/mol. The number of aromatic amines is 1. The Balaban J connectivity index is 1.39. The molecule has 0 radical (unpaired) electrons. The summed E-state index contributed by atoms with van der Waals surface area (Å²) in [7, 11) is -11.5. The van der Waals surface area contributed by atoms with E-state index >= 15 is 0 Å². The molecule has 0 aliphatic carbocycles. The van der Waals surface area contributed by atoms with Gasteiger partial charge >= 0.3 is 0 Å². The van der Waals surface area contributed by atoms with Gasteiger partial charge in [0.25, 0.3) is 21.2 Å². The lowest BCUT2D eigenvalue weighted by Gasteiger charge is -2.40. The van der Waals surface area contributed by atoms with Crippen LogP contribution in [0.2, 0.25) is 0 Å². The van der Waals surface area contributed by atoms with Crippen molar-refractivity contribution in [2.45, 2.75) is 62.1 Å². The predicted octanol–water partition coefficient (Wildman–Crippen LogP) is -5.62. The van der Waals surface area contributed by atoms with Gasteiger partial charge in [-0.15, -0.1) is 0 Å². The van der Waals surface area contributed by atoms with Crippen molar-refractivity contribution in [1.82, 2.24) is 19.5 Å². The number of quaternary nitrogens is 1. The molecule has 2 aromatic heterocycles. The Labute approximate surface area is 211 Å². The van der Waals surface area contributed by atoms with Gasteiger partial charge in [-0.25, -0.2) is 9.29 Å². The minimum atomic E-state index is -5.75. The maximum atomic E-state index is 12.1. The fraction of sp³-hybridized carbons (Fsp3) is 0.688. The monoisotopic (exact) mass is 587 g/mol. The maximum absolute atomic E-state index is 12.1. The topological polar surface area (TPSA) is 325 Å². The number of aliphatic hydroxyl groups is 4. The van der Waals surface area contributed by atoms with Crippen LogP contribution in [0.3, 0.4) is 0 Å². The summed E-state index contributed by atoms with van der Waals surface area (Å²) < 4.78 is 48.8. The Bertz CT molecular complexity index is 1320. The number of anilines is 1. The minimum absolute atomic E-state index is 0.108. The molecule has 2 unspecified atom stereocenters. The zero-order chi connectivity index (χ0) is 28.2. The van der Waals surface area contributed by atoms with E-state index in [1.807, 2.05) is 0 Å². The van der Waals surface area contributed by atoms with E-state index in [-0.39, 0.29) is 17.1 Å². The number of hydrogen-bond donors (Lipinski definition) is 7. The van der Waals surface area contributed by atoms with Gasteiger partial charge in [-0.2, -0.15) is 4.98 Å². The highest BCUT2D eigenvalue weighted by Crippen LogP contribution is 2.57. The minimum Gasteiger partial charge on any atom is -0.756 e. The number of phosphoric ester groups is 2. The summed E-state index contributed by atoms with van der Waals surface area (Å²) in [5, 5.41) is 40.6. The van der Waals surface area contributed by atoms with Gasteiger partial charge in [-0.05, 0) is 6.92 Å². The lowest BCUT2D eigenvalue weighted by Crippen LogP contribution is -2.77. The van der Waals surface area contributed by atoms with Gasteiger partial charge in [0.1, 0.15) is 42.7 Å². The molecule has 22 heteroatoms. The molecule has 0 saturated carbocycles. The highest BCUT2D eigenvalue weighted by atomic mass is 31.3. The van der Waals surface area contributed by atoms with Gasteiger partial charge in [0.2, 0.25) is 5.95 Å². The number of ether oxygens (including phenoxy) is 2. The SMILES string of the molecule is C[C@H]1O[C@H](OP(=O)([O-])OP(=O)([O-])OC[C@H]2O[C@@H](n3cnc4c(=O)[nH]c(N)nc43)[C@H](O)[C@@H]2O)[C@@H](O)[C@@H](O)[C@@H]1[NH3+]. The van der Waals surface area contributed by atoms with Crippen molar-refractivity contribution >= 4 is 32.8 Å². The van der Waals surface area contributed by atoms with Crippen molar-refractivity contribution in [3.63, 3.8) is 0 Å². The smallest absolute Gasteiger partial charge is 0.280 e. The molecule has 10 N–H and O–H groups in total. The van der Waals surface area contributed by atoms with Crippen LogP contribution in [-0.2, 0) is 32.0 Å². The van der Waals surface area contributed by atoms with Crippen LogP contribution < -0.4 is 26.8 Å². The summed E-state index contributed by atoms with van der Waals surface area (Å²) in [6, 6.07) is -0.836. The van der Waals surface area contributed by atoms with Crippen LogP contribution >= 0.6 is 15.6 Å². The van der Waals surface area contributed by atoms with Gasteiger partial charge in [-0.3, -0.25) is 28.0 Å². The summed E-state index contributed by atoms with van der Waals surface area (Å²) in [6.45, 7) is 0.380. The zero-order valence-corrected chi connectivity index (χ0v) is 21.2. The van der Waals surface area contributed by atoms with Crippen LogP contribution in [0.1, 0.15) is 13.2 Å². The third-order valence-corrected chi connectivity index (χ3v) is 8.44. The number of hydrogen-bond acceptors (Lipinski definition) is 17. The van der Waals surface area contributed by atoms with Crippen molar-refractivity contribution in [2.75, 3.05) is 12.3 Å². The Morgan fingerprint density at radius 2 is 1.84 bits per heavy atom. The Kier molecular flexibility index (Phi) is 8.12. The van der Waals surface area contributed by atoms with E-state index in [4.69, 9.17) is 15.2 Å². The number of fused-ring (bicyclic) bond motifs is 1. The third-order valence-electron chi connectivity index (χ3n) is 5.91. The van der Waals surface area contributed by atoms with Gasteiger partial charge in [0.05, 0.1) is 12.9 Å². The number of H-pyrrole nitrogens is 1. The Morgan fingerprint density at radius 3 is 2.53 bits per heavy atom. The summed E-state index contributed by atoms with van der Waals surface area (Å²) in [5.74, 6) is -0.271. The van der Waals surface area contributed by atoms with Crippen LogP contribution in [0.5, 0.6) is 0 Å². The van der Waals surface area contributed by atoms with E-state index < -0.39 is 83.0 Å². The molecule has 2 aromatic rings. The molecule has 0 spiro atoms. The number of aliphatic hydroxyl groups excluding tert-OH is 4. The first-order valence-corrected chi connectivity index (χ1v) is 13.8. The number of rotatable bonds is 8. The second kappa shape index (κ2) is 10.6. The molecule has 2 aliphatic rings. The van der Waals surface area contributed by atoms with Crippen LogP contribution in [-0.4, -0.2) is 95.5 Å². The molecule has 214 valence electrons. The molecule has 2 aliphatic heterocycles. The van der Waals surface area contributed by atoms with E-state index in [2.05, 4.69) is 34.0 Å². The quantitative estimate of drug-likeness (QED) is 0.141. The number of nitrogens with two attached hydrogens (primary N) is 1.